The van der Waals surface area contributed by atoms with Crippen LogP contribution in [0.4, 0.5) is 4.79 Å². The van der Waals surface area contributed by atoms with Gasteiger partial charge in [-0.05, 0) is 50.8 Å². The second-order valence-electron chi connectivity index (χ2n) is 5.85. The molecule has 1 aromatic rings. The molecule has 2 amide bonds. The molecule has 1 aliphatic carbocycles. The first-order valence-electron chi connectivity index (χ1n) is 7.73. The van der Waals surface area contributed by atoms with Gasteiger partial charge in [-0.2, -0.15) is 0 Å². The normalized spacial score (nSPS) is 21.7. The molecule has 1 atom stereocenters. The molecule has 0 aromatic heterocycles. The number of hydrogen-bond donors (Lipinski definition) is 3. The number of carbonyl (C=O) groups is 1. The summed E-state index contributed by atoms with van der Waals surface area (Å²) in [7, 11) is 0. The number of nitrogens with one attached hydrogen (secondary N) is 2. The van der Waals surface area contributed by atoms with E-state index >= 15 is 0 Å². The Kier molecular flexibility index (Phi) is 6.59. The molecule has 0 spiro atoms. The van der Waals surface area contributed by atoms with Crippen LogP contribution >= 0.6 is 23.2 Å². The molecule has 0 aliphatic heterocycles. The topological polar surface area (TPSA) is 67.2 Å². The van der Waals surface area contributed by atoms with Gasteiger partial charge in [-0.15, -0.1) is 0 Å². The monoisotopic (exact) mass is 353 g/mol. The van der Waals surface area contributed by atoms with Gasteiger partial charge in [0.1, 0.15) is 0 Å². The minimum Gasteiger partial charge on any atom is -0.335 e. The van der Waals surface area contributed by atoms with Crippen molar-refractivity contribution in [3.05, 3.63) is 33.8 Å². The molecule has 1 aliphatic rings. The van der Waals surface area contributed by atoms with Gasteiger partial charge in [-0.25, -0.2) is 4.79 Å². The van der Waals surface area contributed by atoms with Gasteiger partial charge in [-0.1, -0.05) is 35.0 Å². The molecule has 0 bridgehead atoms. The molecule has 4 N–H and O–H groups in total. The summed E-state index contributed by atoms with van der Waals surface area (Å²) in [6, 6.07) is 5.20. The standard InChI is InChI=1S/C17H21Cl2N3O/c1-11(2-3-12-4-9-15(18)16(19)10-12)21-17(23)22-14-7-5-13(20)6-8-14/h4,9-11,13-14H,5-8,20H2,1H3,(H2,21,22,23)/t11?,13-,14+. The lowest BCUT2D eigenvalue weighted by Gasteiger charge is -2.27. The van der Waals surface area contributed by atoms with E-state index in [2.05, 4.69) is 22.5 Å². The Morgan fingerprint density at radius 3 is 2.61 bits per heavy atom. The third-order valence-corrected chi connectivity index (χ3v) is 4.55. The number of amides is 2. The van der Waals surface area contributed by atoms with Gasteiger partial charge < -0.3 is 16.4 Å². The van der Waals surface area contributed by atoms with Crippen molar-refractivity contribution in [2.24, 2.45) is 5.73 Å². The van der Waals surface area contributed by atoms with Crippen LogP contribution in [0.15, 0.2) is 18.2 Å². The van der Waals surface area contributed by atoms with Crippen LogP contribution in [-0.2, 0) is 0 Å². The van der Waals surface area contributed by atoms with Gasteiger partial charge in [0.25, 0.3) is 0 Å². The summed E-state index contributed by atoms with van der Waals surface area (Å²) < 4.78 is 0. The maximum atomic E-state index is 12.0. The van der Waals surface area contributed by atoms with Crippen LogP contribution < -0.4 is 16.4 Å². The Morgan fingerprint density at radius 1 is 1.26 bits per heavy atom. The summed E-state index contributed by atoms with van der Waals surface area (Å²) in [6.45, 7) is 1.83. The maximum absolute atomic E-state index is 12.0. The number of nitrogens with two attached hydrogens (primary N) is 1. The van der Waals surface area contributed by atoms with Crippen molar-refractivity contribution in [3.63, 3.8) is 0 Å². The zero-order valence-corrected chi connectivity index (χ0v) is 14.5. The molecule has 2 rings (SSSR count). The Hall–Kier alpha value is -1.41. The van der Waals surface area contributed by atoms with E-state index in [-0.39, 0.29) is 24.2 Å². The highest BCUT2D eigenvalue weighted by molar-refractivity contribution is 6.42. The highest BCUT2D eigenvalue weighted by atomic mass is 35.5. The molecule has 1 unspecified atom stereocenters. The lowest BCUT2D eigenvalue weighted by Crippen LogP contribution is -2.47. The van der Waals surface area contributed by atoms with Crippen LogP contribution in [-0.4, -0.2) is 24.2 Å². The summed E-state index contributed by atoms with van der Waals surface area (Å²) in [6.07, 6.45) is 3.77. The first-order valence-corrected chi connectivity index (χ1v) is 8.49. The molecule has 1 fully saturated rings. The highest BCUT2D eigenvalue weighted by Gasteiger charge is 2.20. The molecule has 23 heavy (non-hydrogen) atoms. The van der Waals surface area contributed by atoms with E-state index in [1.165, 1.54) is 0 Å². The Bertz CT molecular complexity index is 616. The van der Waals surface area contributed by atoms with Gasteiger partial charge in [0.15, 0.2) is 0 Å². The number of carbonyl (C=O) groups excluding carboxylic acids is 1. The maximum Gasteiger partial charge on any atom is 0.315 e. The lowest BCUT2D eigenvalue weighted by atomic mass is 9.92. The van der Waals surface area contributed by atoms with Crippen molar-refractivity contribution < 1.29 is 4.79 Å². The third-order valence-electron chi connectivity index (χ3n) is 3.81. The zero-order valence-electron chi connectivity index (χ0n) is 13.0. The first-order chi connectivity index (χ1) is 10.9. The van der Waals surface area contributed by atoms with Crippen LogP contribution in [0, 0.1) is 11.8 Å². The second kappa shape index (κ2) is 8.44. The van der Waals surface area contributed by atoms with Crippen molar-refractivity contribution in [2.45, 2.75) is 50.7 Å². The van der Waals surface area contributed by atoms with Crippen molar-refractivity contribution in [1.82, 2.24) is 10.6 Å². The molecule has 0 saturated heterocycles. The van der Waals surface area contributed by atoms with E-state index in [1.807, 2.05) is 6.92 Å². The highest BCUT2D eigenvalue weighted by Crippen LogP contribution is 2.22. The molecule has 4 nitrogen and oxygen atoms in total. The van der Waals surface area contributed by atoms with Crippen molar-refractivity contribution in [1.29, 1.82) is 0 Å². The summed E-state index contributed by atoms with van der Waals surface area (Å²) in [5.74, 6) is 5.95. The van der Waals surface area contributed by atoms with Gasteiger partial charge in [-0.3, -0.25) is 0 Å². The van der Waals surface area contributed by atoms with E-state index in [4.69, 9.17) is 28.9 Å². The van der Waals surface area contributed by atoms with E-state index in [0.717, 1.165) is 31.2 Å². The average Bonchev–Trinajstić information content (AvgIpc) is 2.51. The minimum atomic E-state index is -0.268. The first kappa shape index (κ1) is 17.9. The van der Waals surface area contributed by atoms with Crippen molar-refractivity contribution in [2.75, 3.05) is 0 Å². The van der Waals surface area contributed by atoms with Gasteiger partial charge >= 0.3 is 6.03 Å². The van der Waals surface area contributed by atoms with E-state index in [9.17, 15) is 4.79 Å². The largest absolute Gasteiger partial charge is 0.335 e. The van der Waals surface area contributed by atoms with E-state index in [0.29, 0.717) is 10.0 Å². The molecule has 1 aromatic carbocycles. The van der Waals surface area contributed by atoms with Crippen LogP contribution in [0.3, 0.4) is 0 Å². The third kappa shape index (κ3) is 5.95. The van der Waals surface area contributed by atoms with E-state index < -0.39 is 0 Å². The molecule has 6 heteroatoms. The minimum absolute atomic E-state index is 0.193. The Balaban J connectivity index is 1.82. The average molecular weight is 354 g/mol. The fourth-order valence-electron chi connectivity index (χ4n) is 2.49. The quantitative estimate of drug-likeness (QED) is 0.714. The predicted octanol–water partition coefficient (Wildman–Crippen LogP) is 3.30. The van der Waals surface area contributed by atoms with Crippen LogP contribution in [0.25, 0.3) is 0 Å². The summed E-state index contributed by atoms with van der Waals surface area (Å²) in [4.78, 5) is 12.0. The van der Waals surface area contributed by atoms with Gasteiger partial charge in [0.05, 0.1) is 16.1 Å². The predicted molar refractivity (Wildman–Crippen MR) is 94.7 cm³/mol. The SMILES string of the molecule is CC(C#Cc1ccc(Cl)c(Cl)c1)NC(=O)N[C@H]1CC[C@@H](N)CC1. The fourth-order valence-corrected chi connectivity index (χ4v) is 2.79. The fraction of sp³-hybridized carbons (Fsp3) is 0.471. The molecule has 0 radical (unpaired) electrons. The van der Waals surface area contributed by atoms with Crippen LogP contribution in [0.2, 0.25) is 10.0 Å². The smallest absolute Gasteiger partial charge is 0.315 e. The lowest BCUT2D eigenvalue weighted by molar-refractivity contribution is 0.230. The zero-order chi connectivity index (χ0) is 16.8. The van der Waals surface area contributed by atoms with Crippen LogP contribution in [0.5, 0.6) is 0 Å². The number of halogens is 2. The number of hydrogen-bond acceptors (Lipinski definition) is 2. The van der Waals surface area contributed by atoms with E-state index in [1.54, 1.807) is 18.2 Å². The van der Waals surface area contributed by atoms with Crippen molar-refractivity contribution in [3.8, 4) is 11.8 Å². The Labute approximate surface area is 147 Å². The molecule has 0 heterocycles. The summed E-state index contributed by atoms with van der Waals surface area (Å²) >= 11 is 11.8. The molecular formula is C17H21Cl2N3O. The number of urea groups is 1. The molecular weight excluding hydrogens is 333 g/mol. The summed E-state index contributed by atoms with van der Waals surface area (Å²) in [5, 5.41) is 6.75. The second-order valence-corrected chi connectivity index (χ2v) is 6.66. The summed E-state index contributed by atoms with van der Waals surface area (Å²) in [5.41, 5.74) is 6.62. The molecule has 1 saturated carbocycles. The van der Waals surface area contributed by atoms with Crippen molar-refractivity contribution >= 4 is 29.2 Å². The molecule has 124 valence electrons. The number of rotatable bonds is 2. The van der Waals surface area contributed by atoms with Crippen LogP contribution in [0.1, 0.15) is 38.2 Å². The Morgan fingerprint density at radius 2 is 1.96 bits per heavy atom. The van der Waals surface area contributed by atoms with Gasteiger partial charge in [0, 0.05) is 17.6 Å². The van der Waals surface area contributed by atoms with Gasteiger partial charge in [0.2, 0.25) is 0 Å². The number of benzene rings is 1.